The molecule has 1 N–H and O–H groups in total. The van der Waals surface area contributed by atoms with E-state index in [4.69, 9.17) is 16.3 Å². The molecule has 0 aliphatic rings. The molecule has 0 amide bonds. The maximum Gasteiger partial charge on any atom is 0.328 e. The number of rotatable bonds is 9. The van der Waals surface area contributed by atoms with Crippen LogP contribution < -0.4 is 5.32 Å². The number of carbonyl (C=O) groups excluding carboxylic acids is 1. The number of carbonyl (C=O) groups is 1. The number of esters is 1. The number of methoxy groups -OCH3 is 1. The number of ether oxygens (including phenoxy) is 1. The van der Waals surface area contributed by atoms with Crippen LogP contribution in [0.1, 0.15) is 45.4 Å². The van der Waals surface area contributed by atoms with Crippen molar-refractivity contribution in [2.75, 3.05) is 12.4 Å². The zero-order chi connectivity index (χ0) is 14.8. The maximum atomic E-state index is 11.8. The van der Waals surface area contributed by atoms with Crippen LogP contribution in [-0.2, 0) is 9.53 Å². The Morgan fingerprint density at radius 1 is 1.20 bits per heavy atom. The molecule has 0 radical (unpaired) electrons. The van der Waals surface area contributed by atoms with Crippen LogP contribution in [0.5, 0.6) is 0 Å². The molecule has 20 heavy (non-hydrogen) atoms. The minimum Gasteiger partial charge on any atom is -0.467 e. The van der Waals surface area contributed by atoms with E-state index in [0.717, 1.165) is 24.9 Å². The van der Waals surface area contributed by atoms with Gasteiger partial charge in [-0.05, 0) is 30.7 Å². The molecule has 1 unspecified atom stereocenters. The monoisotopic (exact) mass is 297 g/mol. The van der Waals surface area contributed by atoms with Crippen LogP contribution >= 0.6 is 11.6 Å². The quantitative estimate of drug-likeness (QED) is 0.532. The summed E-state index contributed by atoms with van der Waals surface area (Å²) in [5, 5.41) is 3.90. The molecule has 1 aromatic rings. The van der Waals surface area contributed by atoms with Gasteiger partial charge in [0.1, 0.15) is 6.04 Å². The molecule has 0 aliphatic carbocycles. The minimum atomic E-state index is -0.289. The van der Waals surface area contributed by atoms with Crippen molar-refractivity contribution in [3.63, 3.8) is 0 Å². The summed E-state index contributed by atoms with van der Waals surface area (Å²) in [6.45, 7) is 2.19. The number of benzene rings is 1. The highest BCUT2D eigenvalue weighted by Gasteiger charge is 2.18. The van der Waals surface area contributed by atoms with Gasteiger partial charge < -0.3 is 10.1 Å². The molecular weight excluding hydrogens is 274 g/mol. The largest absolute Gasteiger partial charge is 0.467 e. The molecule has 112 valence electrons. The summed E-state index contributed by atoms with van der Waals surface area (Å²) in [4.78, 5) is 11.8. The molecule has 0 spiro atoms. The van der Waals surface area contributed by atoms with Gasteiger partial charge in [0.15, 0.2) is 0 Å². The van der Waals surface area contributed by atoms with E-state index in [1.165, 1.54) is 26.4 Å². The van der Waals surface area contributed by atoms with Crippen LogP contribution in [-0.4, -0.2) is 19.1 Å². The summed E-state index contributed by atoms with van der Waals surface area (Å²) >= 11 is 5.85. The Kier molecular flexibility index (Phi) is 8.12. The van der Waals surface area contributed by atoms with Gasteiger partial charge in [0.25, 0.3) is 0 Å². The van der Waals surface area contributed by atoms with Crippen molar-refractivity contribution < 1.29 is 9.53 Å². The number of halogens is 1. The van der Waals surface area contributed by atoms with Crippen molar-refractivity contribution in [1.82, 2.24) is 0 Å². The first-order valence-corrected chi connectivity index (χ1v) is 7.65. The van der Waals surface area contributed by atoms with Crippen molar-refractivity contribution >= 4 is 23.3 Å². The van der Waals surface area contributed by atoms with Gasteiger partial charge in [0, 0.05) is 10.7 Å². The third kappa shape index (κ3) is 6.29. The highest BCUT2D eigenvalue weighted by Crippen LogP contribution is 2.17. The highest BCUT2D eigenvalue weighted by molar-refractivity contribution is 6.30. The van der Waals surface area contributed by atoms with Crippen LogP contribution in [0.3, 0.4) is 0 Å². The Hall–Kier alpha value is -1.22. The second kappa shape index (κ2) is 9.65. The average Bonchev–Trinajstić information content (AvgIpc) is 2.47. The first-order chi connectivity index (χ1) is 9.67. The predicted molar refractivity (Wildman–Crippen MR) is 84.3 cm³/mol. The fourth-order valence-electron chi connectivity index (χ4n) is 2.09. The zero-order valence-electron chi connectivity index (χ0n) is 12.3. The standard InChI is InChI=1S/C16H24ClNO2/c1-3-4-5-6-7-8-15(16(19)20-2)18-14-11-9-13(17)10-12-14/h9-12,15,18H,3-8H2,1-2H3. The summed E-state index contributed by atoms with van der Waals surface area (Å²) < 4.78 is 4.86. The smallest absolute Gasteiger partial charge is 0.328 e. The molecule has 0 aliphatic heterocycles. The van der Waals surface area contributed by atoms with E-state index in [0.29, 0.717) is 5.02 Å². The van der Waals surface area contributed by atoms with Crippen LogP contribution in [0.2, 0.25) is 5.02 Å². The molecule has 1 atom stereocenters. The Labute approximate surface area is 126 Å². The van der Waals surface area contributed by atoms with Gasteiger partial charge in [-0.15, -0.1) is 0 Å². The fourth-order valence-corrected chi connectivity index (χ4v) is 2.22. The van der Waals surface area contributed by atoms with E-state index in [1.807, 2.05) is 12.1 Å². The summed E-state index contributed by atoms with van der Waals surface area (Å²) in [6, 6.07) is 7.06. The number of hydrogen-bond acceptors (Lipinski definition) is 3. The molecule has 1 rings (SSSR count). The second-order valence-corrected chi connectivity index (χ2v) is 5.37. The lowest BCUT2D eigenvalue weighted by Crippen LogP contribution is -2.30. The SMILES string of the molecule is CCCCCCCC(Nc1ccc(Cl)cc1)C(=O)OC. The highest BCUT2D eigenvalue weighted by atomic mass is 35.5. The summed E-state index contributed by atoms with van der Waals surface area (Å²) in [5.41, 5.74) is 0.887. The van der Waals surface area contributed by atoms with Gasteiger partial charge in [0.05, 0.1) is 7.11 Å². The second-order valence-electron chi connectivity index (χ2n) is 4.93. The van der Waals surface area contributed by atoms with Crippen LogP contribution in [0.15, 0.2) is 24.3 Å². The third-order valence-corrected chi connectivity index (χ3v) is 3.52. The van der Waals surface area contributed by atoms with Crippen LogP contribution in [0, 0.1) is 0 Å². The first-order valence-electron chi connectivity index (χ1n) is 7.27. The van der Waals surface area contributed by atoms with E-state index in [2.05, 4.69) is 12.2 Å². The minimum absolute atomic E-state index is 0.213. The van der Waals surface area contributed by atoms with E-state index in [1.54, 1.807) is 12.1 Å². The van der Waals surface area contributed by atoms with Gasteiger partial charge in [-0.1, -0.05) is 50.6 Å². The predicted octanol–water partition coefficient (Wildman–Crippen LogP) is 4.65. The molecular formula is C16H24ClNO2. The number of unbranched alkanes of at least 4 members (excludes halogenated alkanes) is 4. The number of anilines is 1. The lowest BCUT2D eigenvalue weighted by molar-refractivity contribution is -0.141. The van der Waals surface area contributed by atoms with Crippen molar-refractivity contribution in [3.8, 4) is 0 Å². The maximum absolute atomic E-state index is 11.8. The van der Waals surface area contributed by atoms with Crippen molar-refractivity contribution in [2.45, 2.75) is 51.5 Å². The Morgan fingerprint density at radius 3 is 2.45 bits per heavy atom. The molecule has 0 heterocycles. The molecule has 1 aromatic carbocycles. The molecule has 0 fully saturated rings. The normalized spacial score (nSPS) is 11.9. The van der Waals surface area contributed by atoms with Crippen LogP contribution in [0.25, 0.3) is 0 Å². The van der Waals surface area contributed by atoms with Crippen molar-refractivity contribution in [3.05, 3.63) is 29.3 Å². The topological polar surface area (TPSA) is 38.3 Å². The van der Waals surface area contributed by atoms with Crippen LogP contribution in [0.4, 0.5) is 5.69 Å². The number of nitrogens with one attached hydrogen (secondary N) is 1. The molecule has 0 bridgehead atoms. The molecule has 0 aromatic heterocycles. The van der Waals surface area contributed by atoms with E-state index in [9.17, 15) is 4.79 Å². The summed E-state index contributed by atoms with van der Waals surface area (Å²) in [7, 11) is 1.43. The van der Waals surface area contributed by atoms with Gasteiger partial charge in [-0.25, -0.2) is 4.79 Å². The van der Waals surface area contributed by atoms with Crippen molar-refractivity contribution in [1.29, 1.82) is 0 Å². The number of hydrogen-bond donors (Lipinski definition) is 1. The van der Waals surface area contributed by atoms with Gasteiger partial charge >= 0.3 is 5.97 Å². The summed E-state index contributed by atoms with van der Waals surface area (Å²) in [5.74, 6) is -0.213. The fraction of sp³-hybridized carbons (Fsp3) is 0.562. The summed E-state index contributed by atoms with van der Waals surface area (Å²) in [6.07, 6.45) is 6.69. The first kappa shape index (κ1) is 16.8. The zero-order valence-corrected chi connectivity index (χ0v) is 13.1. The lowest BCUT2D eigenvalue weighted by Gasteiger charge is -2.17. The van der Waals surface area contributed by atoms with E-state index in [-0.39, 0.29) is 12.0 Å². The Morgan fingerprint density at radius 2 is 1.85 bits per heavy atom. The third-order valence-electron chi connectivity index (χ3n) is 3.27. The van der Waals surface area contributed by atoms with E-state index < -0.39 is 0 Å². The molecule has 3 nitrogen and oxygen atoms in total. The van der Waals surface area contributed by atoms with Gasteiger partial charge in [0.2, 0.25) is 0 Å². The molecule has 4 heteroatoms. The molecule has 0 saturated heterocycles. The average molecular weight is 298 g/mol. The Bertz CT molecular complexity index is 392. The molecule has 0 saturated carbocycles. The van der Waals surface area contributed by atoms with Crippen molar-refractivity contribution in [2.24, 2.45) is 0 Å². The van der Waals surface area contributed by atoms with Gasteiger partial charge in [-0.3, -0.25) is 0 Å². The van der Waals surface area contributed by atoms with Gasteiger partial charge in [-0.2, -0.15) is 0 Å². The Balaban J connectivity index is 2.47. The lowest BCUT2D eigenvalue weighted by atomic mass is 10.1. The van der Waals surface area contributed by atoms with E-state index >= 15 is 0 Å².